The highest BCUT2D eigenvalue weighted by Crippen LogP contribution is 2.11. The van der Waals surface area contributed by atoms with Gasteiger partial charge in [0, 0.05) is 18.9 Å². The number of aromatic nitrogens is 3. The highest BCUT2D eigenvalue weighted by Gasteiger charge is 1.99. The highest BCUT2D eigenvalue weighted by molar-refractivity contribution is 5.44. The predicted molar refractivity (Wildman–Crippen MR) is 79.8 cm³/mol. The Morgan fingerprint density at radius 1 is 1.19 bits per heavy atom. The molecule has 0 bridgehead atoms. The van der Waals surface area contributed by atoms with E-state index >= 15 is 0 Å². The molecule has 0 spiro atoms. The smallest absolute Gasteiger partial charge is 0.153 e. The minimum absolute atomic E-state index is 0.651. The number of nitrogens with zero attached hydrogens (tertiary/aromatic N) is 4. The molecule has 102 valence electrons. The topological polar surface area (TPSA) is 66.5 Å². The summed E-state index contributed by atoms with van der Waals surface area (Å²) in [6, 6.07) is 15.4. The van der Waals surface area contributed by atoms with Crippen LogP contribution in [0, 0.1) is 11.3 Å². The molecule has 2 heterocycles. The molecule has 1 N–H and O–H groups in total. The van der Waals surface area contributed by atoms with Gasteiger partial charge < -0.3 is 5.32 Å². The van der Waals surface area contributed by atoms with Gasteiger partial charge in [0.2, 0.25) is 0 Å². The minimum atomic E-state index is 0.651. The van der Waals surface area contributed by atoms with E-state index in [4.69, 9.17) is 5.26 Å². The predicted octanol–water partition coefficient (Wildman–Crippen LogP) is 2.75. The molecule has 2 aromatic heterocycles. The Labute approximate surface area is 122 Å². The third-order valence-corrected chi connectivity index (χ3v) is 3.04. The summed E-state index contributed by atoms with van der Waals surface area (Å²) < 4.78 is 1.71. The van der Waals surface area contributed by atoms with Crippen molar-refractivity contribution in [3.8, 4) is 11.9 Å². The van der Waals surface area contributed by atoms with E-state index < -0.39 is 0 Å². The Morgan fingerprint density at radius 2 is 2.14 bits per heavy atom. The molecule has 0 aliphatic heterocycles. The van der Waals surface area contributed by atoms with Crippen molar-refractivity contribution in [2.45, 2.75) is 6.54 Å². The molecule has 0 unspecified atom stereocenters. The van der Waals surface area contributed by atoms with E-state index in [2.05, 4.69) is 21.5 Å². The van der Waals surface area contributed by atoms with Crippen molar-refractivity contribution >= 4 is 5.69 Å². The van der Waals surface area contributed by atoms with Crippen LogP contribution in [-0.4, -0.2) is 14.8 Å². The lowest BCUT2D eigenvalue weighted by molar-refractivity contribution is 0.847. The maximum Gasteiger partial charge on any atom is 0.153 e. The summed E-state index contributed by atoms with van der Waals surface area (Å²) in [4.78, 5) is 4.35. The minimum Gasteiger partial charge on any atom is -0.380 e. The van der Waals surface area contributed by atoms with E-state index in [-0.39, 0.29) is 0 Å². The van der Waals surface area contributed by atoms with Gasteiger partial charge >= 0.3 is 0 Å². The molecule has 0 aliphatic carbocycles. The standard InChI is InChI=1S/C16H13N5/c17-10-13-3-1-4-14(9-13)11-18-15-5-6-16(19-12-15)21-8-2-7-20-21/h1-9,12,18H,11H2. The zero-order chi connectivity index (χ0) is 14.5. The molecule has 1 aromatic carbocycles. The first-order chi connectivity index (χ1) is 10.3. The molecule has 5 nitrogen and oxygen atoms in total. The van der Waals surface area contributed by atoms with Gasteiger partial charge in [-0.15, -0.1) is 0 Å². The molecule has 0 aliphatic rings. The second-order valence-electron chi connectivity index (χ2n) is 4.52. The fourth-order valence-electron chi connectivity index (χ4n) is 1.99. The third-order valence-electron chi connectivity index (χ3n) is 3.04. The fourth-order valence-corrected chi connectivity index (χ4v) is 1.99. The highest BCUT2D eigenvalue weighted by atomic mass is 15.3. The van der Waals surface area contributed by atoms with Gasteiger partial charge in [-0.3, -0.25) is 0 Å². The average molecular weight is 275 g/mol. The van der Waals surface area contributed by atoms with Crippen LogP contribution in [0.3, 0.4) is 0 Å². The molecule has 21 heavy (non-hydrogen) atoms. The first kappa shape index (κ1) is 12.9. The number of rotatable bonds is 4. The van der Waals surface area contributed by atoms with E-state index in [1.165, 1.54) is 0 Å². The molecule has 5 heteroatoms. The van der Waals surface area contributed by atoms with Crippen LogP contribution in [0.15, 0.2) is 61.1 Å². The van der Waals surface area contributed by atoms with Crippen LogP contribution in [0.1, 0.15) is 11.1 Å². The summed E-state index contributed by atoms with van der Waals surface area (Å²) in [6.45, 7) is 0.651. The van der Waals surface area contributed by atoms with Gasteiger partial charge in [0.25, 0.3) is 0 Å². The SMILES string of the molecule is N#Cc1cccc(CNc2ccc(-n3cccn3)nc2)c1. The van der Waals surface area contributed by atoms with Crippen LogP contribution < -0.4 is 5.32 Å². The zero-order valence-electron chi connectivity index (χ0n) is 11.3. The molecule has 3 aromatic rings. The van der Waals surface area contributed by atoms with Crippen molar-refractivity contribution in [1.29, 1.82) is 5.26 Å². The quantitative estimate of drug-likeness (QED) is 0.795. The molecule has 0 saturated heterocycles. The second kappa shape index (κ2) is 5.88. The van der Waals surface area contributed by atoms with E-state index in [0.717, 1.165) is 17.1 Å². The van der Waals surface area contributed by atoms with Crippen molar-refractivity contribution < 1.29 is 0 Å². The van der Waals surface area contributed by atoms with Crippen LogP contribution in [0.4, 0.5) is 5.69 Å². The van der Waals surface area contributed by atoms with E-state index in [1.807, 2.05) is 42.6 Å². The second-order valence-corrected chi connectivity index (χ2v) is 4.52. The Balaban J connectivity index is 1.67. The van der Waals surface area contributed by atoms with Gasteiger partial charge in [0.1, 0.15) is 0 Å². The van der Waals surface area contributed by atoms with Crippen molar-refractivity contribution in [2.24, 2.45) is 0 Å². The van der Waals surface area contributed by atoms with E-state index in [0.29, 0.717) is 12.1 Å². The van der Waals surface area contributed by atoms with Crippen molar-refractivity contribution in [2.75, 3.05) is 5.32 Å². The summed E-state index contributed by atoms with van der Waals surface area (Å²) in [5.74, 6) is 0.775. The Kier molecular flexibility index (Phi) is 3.61. The van der Waals surface area contributed by atoms with Crippen molar-refractivity contribution in [3.63, 3.8) is 0 Å². The van der Waals surface area contributed by atoms with Crippen LogP contribution >= 0.6 is 0 Å². The van der Waals surface area contributed by atoms with E-state index in [1.54, 1.807) is 23.1 Å². The summed E-state index contributed by atoms with van der Waals surface area (Å²) in [6.07, 6.45) is 5.34. The molecule has 0 amide bonds. The number of hydrogen-bond acceptors (Lipinski definition) is 4. The number of pyridine rings is 1. The molecule has 0 radical (unpaired) electrons. The monoisotopic (exact) mass is 275 g/mol. The number of anilines is 1. The lowest BCUT2D eigenvalue weighted by Gasteiger charge is -2.07. The summed E-state index contributed by atoms with van der Waals surface area (Å²) in [5.41, 5.74) is 2.65. The maximum atomic E-state index is 8.88. The van der Waals surface area contributed by atoms with Crippen molar-refractivity contribution in [1.82, 2.24) is 14.8 Å². The Hall–Kier alpha value is -3.13. The van der Waals surface area contributed by atoms with Crippen LogP contribution in [-0.2, 0) is 6.54 Å². The van der Waals surface area contributed by atoms with Gasteiger partial charge in [0.05, 0.1) is 23.5 Å². The maximum absolute atomic E-state index is 8.88. The van der Waals surface area contributed by atoms with Gasteiger partial charge in [-0.2, -0.15) is 10.4 Å². The summed E-state index contributed by atoms with van der Waals surface area (Å²) >= 11 is 0. The first-order valence-electron chi connectivity index (χ1n) is 6.54. The fraction of sp³-hybridized carbons (Fsp3) is 0.0625. The molecule has 0 saturated carbocycles. The van der Waals surface area contributed by atoms with Crippen molar-refractivity contribution in [3.05, 3.63) is 72.2 Å². The number of benzene rings is 1. The third kappa shape index (κ3) is 3.07. The Morgan fingerprint density at radius 3 is 2.86 bits per heavy atom. The summed E-state index contributed by atoms with van der Waals surface area (Å²) in [7, 11) is 0. The van der Waals surface area contributed by atoms with Crippen LogP contribution in [0.2, 0.25) is 0 Å². The number of hydrogen-bond donors (Lipinski definition) is 1. The van der Waals surface area contributed by atoms with Crippen LogP contribution in [0.5, 0.6) is 0 Å². The van der Waals surface area contributed by atoms with Gasteiger partial charge in [-0.25, -0.2) is 9.67 Å². The normalized spacial score (nSPS) is 10.0. The van der Waals surface area contributed by atoms with Gasteiger partial charge in [-0.1, -0.05) is 12.1 Å². The van der Waals surface area contributed by atoms with Crippen LogP contribution in [0.25, 0.3) is 5.82 Å². The molecular formula is C16H13N5. The molecule has 0 atom stereocenters. The molecule has 3 rings (SSSR count). The number of nitriles is 1. The summed E-state index contributed by atoms with van der Waals surface area (Å²) in [5, 5.41) is 16.3. The van der Waals surface area contributed by atoms with E-state index in [9.17, 15) is 0 Å². The first-order valence-corrected chi connectivity index (χ1v) is 6.54. The molecule has 0 fully saturated rings. The largest absolute Gasteiger partial charge is 0.380 e. The molecular weight excluding hydrogens is 262 g/mol. The number of nitrogens with one attached hydrogen (secondary N) is 1. The van der Waals surface area contributed by atoms with Gasteiger partial charge in [-0.05, 0) is 35.9 Å². The lowest BCUT2D eigenvalue weighted by atomic mass is 10.1. The average Bonchev–Trinajstić information content (AvgIpc) is 3.08. The lowest BCUT2D eigenvalue weighted by Crippen LogP contribution is -2.02. The zero-order valence-corrected chi connectivity index (χ0v) is 11.3. The van der Waals surface area contributed by atoms with Gasteiger partial charge in [0.15, 0.2) is 5.82 Å². The Bertz CT molecular complexity index is 754.